The molecule has 3 rings (SSSR count). The molecule has 144 valence electrons. The molecule has 5 nitrogen and oxygen atoms in total. The molecule has 0 spiro atoms. The zero-order chi connectivity index (χ0) is 19.3. The number of ether oxygens (including phenoxy) is 1. The number of nitrogens with one attached hydrogen (secondary N) is 1. The number of piperidine rings is 1. The number of rotatable bonds is 7. The van der Waals surface area contributed by atoms with Crippen LogP contribution in [0.2, 0.25) is 0 Å². The lowest BCUT2D eigenvalue weighted by atomic mass is 9.75. The summed E-state index contributed by atoms with van der Waals surface area (Å²) in [5.41, 5.74) is 5.31. The molecule has 2 heterocycles. The van der Waals surface area contributed by atoms with Gasteiger partial charge in [0.25, 0.3) is 6.47 Å². The van der Waals surface area contributed by atoms with Crippen molar-refractivity contribution in [3.8, 4) is 0 Å². The number of carbonyl (C=O) groups excluding carboxylic acids is 1. The first kappa shape index (κ1) is 19.5. The van der Waals surface area contributed by atoms with Crippen molar-refractivity contribution in [2.24, 2.45) is 5.41 Å². The number of nitrogens with zero attached hydrogens (tertiary/aromatic N) is 2. The van der Waals surface area contributed by atoms with Crippen molar-refractivity contribution in [3.05, 3.63) is 58.4 Å². The van der Waals surface area contributed by atoms with Gasteiger partial charge in [-0.05, 0) is 68.3 Å². The minimum absolute atomic E-state index is 0.143. The normalized spacial score (nSPS) is 17.3. The molecule has 1 fully saturated rings. The van der Waals surface area contributed by atoms with Crippen LogP contribution in [-0.4, -0.2) is 29.8 Å². The van der Waals surface area contributed by atoms with Gasteiger partial charge in [-0.3, -0.25) is 4.79 Å². The van der Waals surface area contributed by atoms with Crippen molar-refractivity contribution in [3.63, 3.8) is 0 Å². The third-order valence-corrected chi connectivity index (χ3v) is 5.89. The average Bonchev–Trinajstić information content (AvgIpc) is 2.67. The molecule has 1 atom stereocenters. The second-order valence-electron chi connectivity index (χ2n) is 7.93. The van der Waals surface area contributed by atoms with E-state index in [1.165, 1.54) is 5.56 Å². The zero-order valence-electron chi connectivity index (χ0n) is 16.5. The minimum atomic E-state index is -0.345. The molecule has 0 amide bonds. The van der Waals surface area contributed by atoms with E-state index in [2.05, 4.69) is 48.4 Å². The fourth-order valence-corrected chi connectivity index (χ4v) is 3.89. The highest BCUT2D eigenvalue weighted by atomic mass is 16.5. The van der Waals surface area contributed by atoms with Gasteiger partial charge in [0, 0.05) is 6.42 Å². The molecule has 0 bridgehead atoms. The van der Waals surface area contributed by atoms with Gasteiger partial charge in [0.15, 0.2) is 0 Å². The summed E-state index contributed by atoms with van der Waals surface area (Å²) in [6, 6.07) is 10.3. The largest absolute Gasteiger partial charge is 0.458 e. The summed E-state index contributed by atoms with van der Waals surface area (Å²) in [7, 11) is 0. The summed E-state index contributed by atoms with van der Waals surface area (Å²) < 4.78 is 5.49. The van der Waals surface area contributed by atoms with Crippen molar-refractivity contribution in [2.75, 3.05) is 13.1 Å². The fraction of sp³-hybridized carbons (Fsp3) is 0.500. The first-order valence-electron chi connectivity index (χ1n) is 9.69. The number of hydrogen-bond donors (Lipinski definition) is 1. The Morgan fingerprint density at radius 3 is 2.52 bits per heavy atom. The maximum Gasteiger partial charge on any atom is 0.293 e. The highest BCUT2D eigenvalue weighted by molar-refractivity contribution is 5.40. The number of aromatic nitrogens is 2. The molecule has 1 aliphatic rings. The van der Waals surface area contributed by atoms with Crippen molar-refractivity contribution >= 4 is 6.47 Å². The highest BCUT2D eigenvalue weighted by Crippen LogP contribution is 2.39. The van der Waals surface area contributed by atoms with Gasteiger partial charge in [-0.15, -0.1) is 0 Å². The summed E-state index contributed by atoms with van der Waals surface area (Å²) in [5, 5.41) is 12.4. The second-order valence-corrected chi connectivity index (χ2v) is 7.93. The number of benzene rings is 1. The van der Waals surface area contributed by atoms with Crippen LogP contribution in [0.5, 0.6) is 0 Å². The molecular formula is C22H29N3O2. The maximum atomic E-state index is 11.2. The Labute approximate surface area is 161 Å². The molecule has 27 heavy (non-hydrogen) atoms. The number of hydrogen-bond acceptors (Lipinski definition) is 5. The molecule has 0 radical (unpaired) electrons. The second kappa shape index (κ2) is 8.61. The summed E-state index contributed by atoms with van der Waals surface area (Å²) >= 11 is 0. The van der Waals surface area contributed by atoms with Crippen molar-refractivity contribution in [1.29, 1.82) is 0 Å². The third kappa shape index (κ3) is 4.72. The molecular weight excluding hydrogens is 338 g/mol. The van der Waals surface area contributed by atoms with Crippen molar-refractivity contribution in [1.82, 2.24) is 15.5 Å². The summed E-state index contributed by atoms with van der Waals surface area (Å²) in [4.78, 5) is 11.2. The Bertz CT molecular complexity index is 771. The summed E-state index contributed by atoms with van der Waals surface area (Å²) in [6.45, 7) is 8.96. The maximum absolute atomic E-state index is 11.2. The smallest absolute Gasteiger partial charge is 0.293 e. The van der Waals surface area contributed by atoms with E-state index in [0.29, 0.717) is 6.47 Å². The van der Waals surface area contributed by atoms with Crippen molar-refractivity contribution in [2.45, 2.75) is 52.6 Å². The van der Waals surface area contributed by atoms with Crippen molar-refractivity contribution < 1.29 is 9.53 Å². The van der Waals surface area contributed by atoms with E-state index < -0.39 is 0 Å². The Balaban J connectivity index is 1.84. The van der Waals surface area contributed by atoms with E-state index in [9.17, 15) is 4.79 Å². The van der Waals surface area contributed by atoms with Crippen LogP contribution in [0, 0.1) is 19.3 Å². The quantitative estimate of drug-likeness (QED) is 0.757. The Hall–Kier alpha value is -2.27. The first-order valence-corrected chi connectivity index (χ1v) is 9.69. The Morgan fingerprint density at radius 1 is 1.15 bits per heavy atom. The van der Waals surface area contributed by atoms with Gasteiger partial charge < -0.3 is 10.1 Å². The lowest BCUT2D eigenvalue weighted by Gasteiger charge is -2.36. The first-order chi connectivity index (χ1) is 13.0. The van der Waals surface area contributed by atoms with Gasteiger partial charge >= 0.3 is 0 Å². The molecule has 1 aromatic carbocycles. The minimum Gasteiger partial charge on any atom is -0.458 e. The molecule has 0 saturated carbocycles. The monoisotopic (exact) mass is 367 g/mol. The Kier molecular flexibility index (Phi) is 6.22. The third-order valence-electron chi connectivity index (χ3n) is 5.89. The van der Waals surface area contributed by atoms with E-state index in [4.69, 9.17) is 4.74 Å². The average molecular weight is 367 g/mol. The lowest BCUT2D eigenvalue weighted by molar-refractivity contribution is -0.136. The van der Waals surface area contributed by atoms with E-state index in [0.717, 1.165) is 61.3 Å². The zero-order valence-corrected chi connectivity index (χ0v) is 16.5. The molecule has 0 aliphatic carbocycles. The fourth-order valence-electron chi connectivity index (χ4n) is 3.89. The van der Waals surface area contributed by atoms with Crippen LogP contribution >= 0.6 is 0 Å². The standard InChI is InChI=1S/C22H29N3O2/c1-16-17(2)21(25-24-19(16)13-18-7-5-4-6-8-18)20(27-15-26)14-22(3)9-11-23-12-10-22/h4-8,15,20,23H,9-14H2,1-3H3. The van der Waals surface area contributed by atoms with Crippen LogP contribution in [0.25, 0.3) is 0 Å². The molecule has 1 aliphatic heterocycles. The van der Waals surface area contributed by atoms with Crippen LogP contribution in [-0.2, 0) is 16.0 Å². The SMILES string of the molecule is Cc1c(Cc2ccccc2)nnc(C(CC2(C)CCNCC2)OC=O)c1C. The summed E-state index contributed by atoms with van der Waals surface area (Å²) in [6.07, 6.45) is 3.33. The van der Waals surface area contributed by atoms with Gasteiger partial charge in [0.1, 0.15) is 11.8 Å². The van der Waals surface area contributed by atoms with Crippen LogP contribution < -0.4 is 5.32 Å². The van der Waals surface area contributed by atoms with E-state index in [-0.39, 0.29) is 11.5 Å². The molecule has 1 N–H and O–H groups in total. The van der Waals surface area contributed by atoms with E-state index in [1.54, 1.807) is 0 Å². The predicted molar refractivity (Wildman–Crippen MR) is 105 cm³/mol. The lowest BCUT2D eigenvalue weighted by Crippen LogP contribution is -2.36. The van der Waals surface area contributed by atoms with Crippen LogP contribution in [0.1, 0.15) is 60.4 Å². The molecule has 1 saturated heterocycles. The molecule has 1 aromatic heterocycles. The van der Waals surface area contributed by atoms with Gasteiger partial charge in [-0.2, -0.15) is 10.2 Å². The molecule has 5 heteroatoms. The highest BCUT2D eigenvalue weighted by Gasteiger charge is 2.33. The van der Waals surface area contributed by atoms with Gasteiger partial charge in [-0.1, -0.05) is 37.3 Å². The number of carbonyl (C=O) groups is 1. The van der Waals surface area contributed by atoms with E-state index in [1.807, 2.05) is 18.2 Å². The van der Waals surface area contributed by atoms with Crippen LogP contribution in [0.15, 0.2) is 30.3 Å². The topological polar surface area (TPSA) is 64.1 Å². The predicted octanol–water partition coefficient (Wildman–Crippen LogP) is 3.68. The summed E-state index contributed by atoms with van der Waals surface area (Å²) in [5.74, 6) is 0. The molecule has 2 aromatic rings. The van der Waals surface area contributed by atoms with Gasteiger partial charge in [0.2, 0.25) is 0 Å². The van der Waals surface area contributed by atoms with E-state index >= 15 is 0 Å². The van der Waals surface area contributed by atoms with Gasteiger partial charge in [0.05, 0.1) is 5.69 Å². The van der Waals surface area contributed by atoms with Crippen LogP contribution in [0.3, 0.4) is 0 Å². The van der Waals surface area contributed by atoms with Crippen LogP contribution in [0.4, 0.5) is 0 Å². The van der Waals surface area contributed by atoms with Gasteiger partial charge in [-0.25, -0.2) is 0 Å². The molecule has 1 unspecified atom stereocenters. The Morgan fingerprint density at radius 2 is 1.85 bits per heavy atom.